The standard InChI is InChI=1S/C16H22F3NO2/c1-4-10(3)15(22)20-13(5-2)14(21)11-6-8-12(9-7-11)16(17,18)19/h6-10,13-14,21H,4-5H2,1-3H3,(H,20,22). The van der Waals surface area contributed by atoms with Gasteiger partial charge in [0.15, 0.2) is 0 Å². The molecule has 1 aromatic carbocycles. The van der Waals surface area contributed by atoms with E-state index in [4.69, 9.17) is 0 Å². The van der Waals surface area contributed by atoms with Crippen LogP contribution >= 0.6 is 0 Å². The number of hydrogen-bond acceptors (Lipinski definition) is 2. The molecule has 1 aromatic rings. The molecular formula is C16H22F3NO2. The van der Waals surface area contributed by atoms with E-state index >= 15 is 0 Å². The fourth-order valence-electron chi connectivity index (χ4n) is 2.02. The summed E-state index contributed by atoms with van der Waals surface area (Å²) in [6.45, 7) is 5.47. The zero-order chi connectivity index (χ0) is 16.9. The van der Waals surface area contributed by atoms with Crippen molar-refractivity contribution < 1.29 is 23.1 Å². The number of alkyl halides is 3. The Kier molecular flexibility index (Phi) is 6.41. The number of carbonyl (C=O) groups is 1. The highest BCUT2D eigenvalue weighted by Crippen LogP contribution is 2.30. The van der Waals surface area contributed by atoms with Crippen molar-refractivity contribution in [3.05, 3.63) is 35.4 Å². The monoisotopic (exact) mass is 317 g/mol. The van der Waals surface area contributed by atoms with Crippen LogP contribution in [0.1, 0.15) is 50.8 Å². The first-order chi connectivity index (χ1) is 10.2. The third-order valence-electron chi connectivity index (χ3n) is 3.79. The first-order valence-corrected chi connectivity index (χ1v) is 7.36. The van der Waals surface area contributed by atoms with Crippen molar-refractivity contribution in [2.75, 3.05) is 0 Å². The van der Waals surface area contributed by atoms with Crippen molar-refractivity contribution in [1.82, 2.24) is 5.32 Å². The Morgan fingerprint density at radius 3 is 2.14 bits per heavy atom. The molecular weight excluding hydrogens is 295 g/mol. The summed E-state index contributed by atoms with van der Waals surface area (Å²) in [5.74, 6) is -0.339. The van der Waals surface area contributed by atoms with Crippen LogP contribution in [-0.4, -0.2) is 17.1 Å². The van der Waals surface area contributed by atoms with Gasteiger partial charge in [0.2, 0.25) is 5.91 Å². The zero-order valence-electron chi connectivity index (χ0n) is 12.9. The van der Waals surface area contributed by atoms with Gasteiger partial charge in [-0.15, -0.1) is 0 Å². The van der Waals surface area contributed by atoms with E-state index in [1.807, 2.05) is 6.92 Å². The minimum absolute atomic E-state index is 0.166. The summed E-state index contributed by atoms with van der Waals surface area (Å²) in [7, 11) is 0. The molecule has 2 N–H and O–H groups in total. The number of amides is 1. The maximum absolute atomic E-state index is 12.5. The molecule has 3 nitrogen and oxygen atoms in total. The SMILES string of the molecule is CCC(C)C(=O)NC(CC)C(O)c1ccc(C(F)(F)F)cc1. The van der Waals surface area contributed by atoms with Crippen molar-refractivity contribution in [2.24, 2.45) is 5.92 Å². The second-order valence-corrected chi connectivity index (χ2v) is 5.40. The van der Waals surface area contributed by atoms with Crippen molar-refractivity contribution >= 4 is 5.91 Å². The van der Waals surface area contributed by atoms with E-state index in [1.165, 1.54) is 12.1 Å². The highest BCUT2D eigenvalue weighted by molar-refractivity contribution is 5.78. The number of carbonyl (C=O) groups excluding carboxylic acids is 1. The molecule has 0 radical (unpaired) electrons. The number of aliphatic hydroxyl groups is 1. The van der Waals surface area contributed by atoms with Gasteiger partial charge in [0.1, 0.15) is 0 Å². The predicted octanol–water partition coefficient (Wildman–Crippen LogP) is 3.68. The van der Waals surface area contributed by atoms with E-state index in [0.29, 0.717) is 18.4 Å². The van der Waals surface area contributed by atoms with E-state index in [9.17, 15) is 23.1 Å². The van der Waals surface area contributed by atoms with Gasteiger partial charge in [-0.2, -0.15) is 13.2 Å². The topological polar surface area (TPSA) is 49.3 Å². The van der Waals surface area contributed by atoms with Crippen LogP contribution in [0.2, 0.25) is 0 Å². The second kappa shape index (κ2) is 7.63. The number of nitrogens with one attached hydrogen (secondary N) is 1. The van der Waals surface area contributed by atoms with Crippen LogP contribution in [0.3, 0.4) is 0 Å². The summed E-state index contributed by atoms with van der Waals surface area (Å²) < 4.78 is 37.6. The molecule has 0 fully saturated rings. The fraction of sp³-hybridized carbons (Fsp3) is 0.562. The average molecular weight is 317 g/mol. The predicted molar refractivity (Wildman–Crippen MR) is 78.1 cm³/mol. The minimum atomic E-state index is -4.40. The van der Waals surface area contributed by atoms with Crippen LogP contribution in [0.5, 0.6) is 0 Å². The summed E-state index contributed by atoms with van der Waals surface area (Å²) in [6.07, 6.45) is -4.29. The molecule has 1 rings (SSSR count). The third-order valence-corrected chi connectivity index (χ3v) is 3.79. The molecule has 0 spiro atoms. The largest absolute Gasteiger partial charge is 0.416 e. The van der Waals surface area contributed by atoms with Gasteiger partial charge in [-0.1, -0.05) is 32.9 Å². The Morgan fingerprint density at radius 1 is 1.18 bits per heavy atom. The van der Waals surface area contributed by atoms with Crippen molar-refractivity contribution in [3.63, 3.8) is 0 Å². The highest BCUT2D eigenvalue weighted by Gasteiger charge is 2.30. The van der Waals surface area contributed by atoms with Gasteiger partial charge in [-0.05, 0) is 30.5 Å². The molecule has 0 aliphatic heterocycles. The zero-order valence-corrected chi connectivity index (χ0v) is 12.9. The van der Waals surface area contributed by atoms with Gasteiger partial charge < -0.3 is 10.4 Å². The maximum atomic E-state index is 12.5. The smallest absolute Gasteiger partial charge is 0.386 e. The molecule has 0 aliphatic carbocycles. The van der Waals surface area contributed by atoms with Gasteiger partial charge in [-0.3, -0.25) is 4.79 Å². The van der Waals surface area contributed by atoms with Crippen LogP contribution in [-0.2, 0) is 11.0 Å². The van der Waals surface area contributed by atoms with Crippen LogP contribution in [0.15, 0.2) is 24.3 Å². The van der Waals surface area contributed by atoms with Crippen molar-refractivity contribution in [2.45, 2.75) is 51.9 Å². The normalized spacial score (nSPS) is 16.0. The van der Waals surface area contributed by atoms with Gasteiger partial charge in [0, 0.05) is 5.92 Å². The molecule has 0 bridgehead atoms. The summed E-state index contributed by atoms with van der Waals surface area (Å²) in [5.41, 5.74) is -0.413. The Bertz CT molecular complexity index is 485. The summed E-state index contributed by atoms with van der Waals surface area (Å²) >= 11 is 0. The summed E-state index contributed by atoms with van der Waals surface area (Å²) in [6, 6.07) is 3.82. The lowest BCUT2D eigenvalue weighted by atomic mass is 9.98. The number of halogens is 3. The molecule has 1 amide bonds. The van der Waals surface area contributed by atoms with E-state index in [2.05, 4.69) is 5.32 Å². The Hall–Kier alpha value is -1.56. The van der Waals surface area contributed by atoms with Crippen LogP contribution in [0.25, 0.3) is 0 Å². The van der Waals surface area contributed by atoms with Gasteiger partial charge in [0.05, 0.1) is 17.7 Å². The molecule has 0 aromatic heterocycles. The second-order valence-electron chi connectivity index (χ2n) is 5.40. The summed E-state index contributed by atoms with van der Waals surface area (Å²) in [4.78, 5) is 11.9. The molecule has 3 atom stereocenters. The molecule has 0 saturated carbocycles. The van der Waals surface area contributed by atoms with E-state index in [0.717, 1.165) is 12.1 Å². The minimum Gasteiger partial charge on any atom is -0.386 e. The average Bonchev–Trinajstić information content (AvgIpc) is 2.50. The van der Waals surface area contributed by atoms with Crippen molar-refractivity contribution in [3.8, 4) is 0 Å². The van der Waals surface area contributed by atoms with Crippen LogP contribution < -0.4 is 5.32 Å². The fourth-order valence-corrected chi connectivity index (χ4v) is 2.02. The maximum Gasteiger partial charge on any atom is 0.416 e. The molecule has 6 heteroatoms. The molecule has 0 heterocycles. The Balaban J connectivity index is 2.83. The molecule has 0 saturated heterocycles. The Labute approximate surface area is 128 Å². The lowest BCUT2D eigenvalue weighted by molar-refractivity contribution is -0.137. The number of benzene rings is 1. The quantitative estimate of drug-likeness (QED) is 0.841. The van der Waals surface area contributed by atoms with E-state index < -0.39 is 23.9 Å². The molecule has 0 aliphatic rings. The Morgan fingerprint density at radius 2 is 1.73 bits per heavy atom. The first kappa shape index (κ1) is 18.5. The van der Waals surface area contributed by atoms with E-state index in [1.54, 1.807) is 13.8 Å². The molecule has 124 valence electrons. The van der Waals surface area contributed by atoms with Gasteiger partial charge >= 0.3 is 6.18 Å². The molecule has 3 unspecified atom stereocenters. The third kappa shape index (κ3) is 4.73. The number of hydrogen-bond donors (Lipinski definition) is 2. The lowest BCUT2D eigenvalue weighted by Gasteiger charge is -2.25. The lowest BCUT2D eigenvalue weighted by Crippen LogP contribution is -2.41. The number of aliphatic hydroxyl groups excluding tert-OH is 1. The van der Waals surface area contributed by atoms with Gasteiger partial charge in [0.25, 0.3) is 0 Å². The van der Waals surface area contributed by atoms with Crippen LogP contribution in [0, 0.1) is 5.92 Å². The first-order valence-electron chi connectivity index (χ1n) is 7.36. The van der Waals surface area contributed by atoms with Crippen LogP contribution in [0.4, 0.5) is 13.2 Å². The van der Waals surface area contributed by atoms with E-state index in [-0.39, 0.29) is 11.8 Å². The van der Waals surface area contributed by atoms with Gasteiger partial charge in [-0.25, -0.2) is 0 Å². The summed E-state index contributed by atoms with van der Waals surface area (Å²) in [5, 5.41) is 13.0. The number of rotatable bonds is 6. The highest BCUT2D eigenvalue weighted by atomic mass is 19.4. The van der Waals surface area contributed by atoms with Crippen molar-refractivity contribution in [1.29, 1.82) is 0 Å². The molecule has 22 heavy (non-hydrogen) atoms.